The first-order valence-electron chi connectivity index (χ1n) is 12.6. The van der Waals surface area contributed by atoms with Gasteiger partial charge in [0.1, 0.15) is 17.7 Å². The minimum absolute atomic E-state index is 0.197. The summed E-state index contributed by atoms with van der Waals surface area (Å²) in [5, 5.41) is 0.689. The lowest BCUT2D eigenvalue weighted by Crippen LogP contribution is -2.22. The van der Waals surface area contributed by atoms with Crippen LogP contribution in [-0.4, -0.2) is 41.2 Å². The fraction of sp³-hybridized carbons (Fsp3) is 0.286. The second-order valence-corrected chi connectivity index (χ2v) is 9.87. The SMILES string of the molecule is COc1ncnc(C2CC2)c1-c1ncc2cn(C)c(=O)c(Cc3ccc(-c4nc(C(F)(F)F)cn4C)cc3)c2n1. The maximum absolute atomic E-state index is 13.3. The van der Waals surface area contributed by atoms with Crippen LogP contribution in [0.1, 0.15) is 41.3 Å². The topological polar surface area (TPSA) is 101 Å². The van der Waals surface area contributed by atoms with Crippen LogP contribution in [0.3, 0.4) is 0 Å². The molecule has 12 heteroatoms. The number of rotatable bonds is 6. The van der Waals surface area contributed by atoms with Crippen molar-refractivity contribution in [3.05, 3.63) is 82.1 Å². The van der Waals surface area contributed by atoms with E-state index in [0.717, 1.165) is 30.3 Å². The molecule has 0 unspecified atom stereocenters. The van der Waals surface area contributed by atoms with Crippen LogP contribution in [0.2, 0.25) is 0 Å². The molecule has 0 saturated heterocycles. The van der Waals surface area contributed by atoms with Gasteiger partial charge in [0.05, 0.1) is 18.3 Å². The number of methoxy groups -OCH3 is 1. The fourth-order valence-electron chi connectivity index (χ4n) is 4.85. The average molecular weight is 548 g/mol. The zero-order valence-corrected chi connectivity index (χ0v) is 21.9. The van der Waals surface area contributed by atoms with Crippen molar-refractivity contribution in [1.29, 1.82) is 0 Å². The van der Waals surface area contributed by atoms with Crippen molar-refractivity contribution in [2.24, 2.45) is 14.1 Å². The normalized spacial score (nSPS) is 13.7. The van der Waals surface area contributed by atoms with E-state index in [9.17, 15) is 18.0 Å². The molecule has 0 aliphatic heterocycles. The molecule has 9 nitrogen and oxygen atoms in total. The van der Waals surface area contributed by atoms with Crippen LogP contribution < -0.4 is 10.3 Å². The van der Waals surface area contributed by atoms with Gasteiger partial charge in [0.25, 0.3) is 5.56 Å². The van der Waals surface area contributed by atoms with Gasteiger partial charge in [-0.25, -0.2) is 24.9 Å². The van der Waals surface area contributed by atoms with Gasteiger partial charge in [0.2, 0.25) is 5.88 Å². The number of aromatic nitrogens is 7. The second kappa shape index (κ2) is 9.54. The van der Waals surface area contributed by atoms with E-state index in [1.807, 2.05) is 0 Å². The van der Waals surface area contributed by atoms with E-state index in [4.69, 9.17) is 9.72 Å². The molecule has 204 valence electrons. The van der Waals surface area contributed by atoms with Crippen LogP contribution in [0.25, 0.3) is 33.7 Å². The number of hydrogen-bond acceptors (Lipinski definition) is 7. The number of pyridine rings is 1. The summed E-state index contributed by atoms with van der Waals surface area (Å²) in [5.41, 5.74) is 2.58. The summed E-state index contributed by atoms with van der Waals surface area (Å²) >= 11 is 0. The van der Waals surface area contributed by atoms with Gasteiger partial charge in [-0.15, -0.1) is 0 Å². The van der Waals surface area contributed by atoms with Crippen molar-refractivity contribution in [3.8, 4) is 28.7 Å². The Hall–Kier alpha value is -4.61. The fourth-order valence-corrected chi connectivity index (χ4v) is 4.85. The van der Waals surface area contributed by atoms with E-state index < -0.39 is 11.9 Å². The van der Waals surface area contributed by atoms with Gasteiger partial charge in [-0.05, 0) is 18.4 Å². The van der Waals surface area contributed by atoms with Gasteiger partial charge in [-0.2, -0.15) is 13.2 Å². The van der Waals surface area contributed by atoms with Crippen molar-refractivity contribution in [3.63, 3.8) is 0 Å². The lowest BCUT2D eigenvalue weighted by atomic mass is 10.0. The first-order chi connectivity index (χ1) is 19.1. The summed E-state index contributed by atoms with van der Waals surface area (Å²) in [5.74, 6) is 1.24. The predicted molar refractivity (Wildman–Crippen MR) is 141 cm³/mol. The number of ether oxygens (including phenoxy) is 1. The predicted octanol–water partition coefficient (Wildman–Crippen LogP) is 4.68. The molecule has 0 radical (unpaired) electrons. The number of fused-ring (bicyclic) bond motifs is 1. The smallest absolute Gasteiger partial charge is 0.434 e. The van der Waals surface area contributed by atoms with Crippen molar-refractivity contribution in [2.45, 2.75) is 31.4 Å². The highest BCUT2D eigenvalue weighted by atomic mass is 19.4. The Morgan fingerprint density at radius 2 is 1.75 bits per heavy atom. The van der Waals surface area contributed by atoms with Crippen LogP contribution in [0, 0.1) is 0 Å². The Morgan fingerprint density at radius 1 is 1.00 bits per heavy atom. The molecule has 1 aromatic carbocycles. The average Bonchev–Trinajstić information content (AvgIpc) is 3.71. The number of alkyl halides is 3. The van der Waals surface area contributed by atoms with Crippen LogP contribution in [0.5, 0.6) is 5.88 Å². The summed E-state index contributed by atoms with van der Waals surface area (Å²) in [6, 6.07) is 6.94. The van der Waals surface area contributed by atoms with Gasteiger partial charge < -0.3 is 13.9 Å². The molecule has 0 bridgehead atoms. The molecule has 1 aliphatic carbocycles. The zero-order valence-electron chi connectivity index (χ0n) is 21.9. The lowest BCUT2D eigenvalue weighted by molar-refractivity contribution is -0.140. The summed E-state index contributed by atoms with van der Waals surface area (Å²) in [7, 11) is 4.72. The number of nitrogens with zero attached hydrogens (tertiary/aromatic N) is 7. The number of hydrogen-bond donors (Lipinski definition) is 0. The Labute approximate surface area is 226 Å². The number of benzene rings is 1. The first-order valence-corrected chi connectivity index (χ1v) is 12.6. The van der Waals surface area contributed by atoms with Gasteiger partial charge in [0.15, 0.2) is 11.5 Å². The molecule has 40 heavy (non-hydrogen) atoms. The molecule has 0 N–H and O–H groups in total. The lowest BCUT2D eigenvalue weighted by Gasteiger charge is -2.13. The Balaban J connectivity index is 1.40. The van der Waals surface area contributed by atoms with E-state index in [1.165, 1.54) is 29.6 Å². The minimum Gasteiger partial charge on any atom is -0.480 e. The van der Waals surface area contributed by atoms with Gasteiger partial charge in [-0.1, -0.05) is 24.3 Å². The minimum atomic E-state index is -4.53. The van der Waals surface area contributed by atoms with E-state index in [-0.39, 0.29) is 17.8 Å². The molecule has 5 aromatic rings. The van der Waals surface area contributed by atoms with E-state index in [1.54, 1.807) is 43.7 Å². The van der Waals surface area contributed by atoms with Gasteiger partial charge in [-0.3, -0.25) is 4.79 Å². The number of aryl methyl sites for hydroxylation is 2. The standard InChI is InChI=1S/C28H24F3N7O2/c1-37-13-20(28(29,30)31)35-25(37)17-6-4-15(5-7-17)10-19-22-18(12-38(2)27(19)39)11-32-24(36-22)21-23(16-8-9-16)33-14-34-26(21)40-3/h4-7,11-14,16H,8-10H2,1-3H3. The summed E-state index contributed by atoms with van der Waals surface area (Å²) in [4.78, 5) is 35.2. The maximum Gasteiger partial charge on any atom is 0.434 e. The first kappa shape index (κ1) is 25.7. The summed E-state index contributed by atoms with van der Waals surface area (Å²) in [6.45, 7) is 0. The monoisotopic (exact) mass is 547 g/mol. The molecule has 4 aromatic heterocycles. The third-order valence-corrected chi connectivity index (χ3v) is 7.00. The third-order valence-electron chi connectivity index (χ3n) is 7.00. The van der Waals surface area contributed by atoms with Crippen LogP contribution in [0.4, 0.5) is 13.2 Å². The van der Waals surface area contributed by atoms with Gasteiger partial charge >= 0.3 is 6.18 Å². The summed E-state index contributed by atoms with van der Waals surface area (Å²) in [6.07, 6.45) is 3.54. The highest BCUT2D eigenvalue weighted by molar-refractivity contribution is 5.83. The molecule has 6 rings (SSSR count). The van der Waals surface area contributed by atoms with Crippen molar-refractivity contribution >= 4 is 10.9 Å². The Kier molecular flexibility index (Phi) is 6.12. The second-order valence-electron chi connectivity index (χ2n) is 9.87. The molecule has 0 amide bonds. The Morgan fingerprint density at radius 3 is 2.40 bits per heavy atom. The van der Waals surface area contributed by atoms with E-state index in [0.29, 0.717) is 45.2 Å². The molecule has 0 atom stereocenters. The molecular formula is C28H24F3N7O2. The van der Waals surface area contributed by atoms with Crippen molar-refractivity contribution in [2.75, 3.05) is 7.11 Å². The molecule has 1 fully saturated rings. The maximum atomic E-state index is 13.3. The van der Waals surface area contributed by atoms with E-state index in [2.05, 4.69) is 19.9 Å². The third kappa shape index (κ3) is 4.59. The quantitative estimate of drug-likeness (QED) is 0.304. The van der Waals surface area contributed by atoms with Crippen LogP contribution in [0.15, 0.2) is 54.0 Å². The largest absolute Gasteiger partial charge is 0.480 e. The molecule has 4 heterocycles. The molecule has 1 aliphatic rings. The summed E-state index contributed by atoms with van der Waals surface area (Å²) < 4.78 is 47.7. The number of imidazole rings is 1. The Bertz CT molecular complexity index is 1810. The van der Waals surface area contributed by atoms with Crippen LogP contribution in [-0.2, 0) is 26.7 Å². The van der Waals surface area contributed by atoms with Gasteiger partial charge in [0, 0.05) is 61.5 Å². The van der Waals surface area contributed by atoms with Crippen molar-refractivity contribution in [1.82, 2.24) is 34.1 Å². The molecular weight excluding hydrogens is 523 g/mol. The van der Waals surface area contributed by atoms with E-state index >= 15 is 0 Å². The molecule has 0 spiro atoms. The van der Waals surface area contributed by atoms with Crippen LogP contribution >= 0.6 is 0 Å². The zero-order chi connectivity index (χ0) is 28.2. The molecule has 1 saturated carbocycles. The highest BCUT2D eigenvalue weighted by Gasteiger charge is 2.34. The van der Waals surface area contributed by atoms with Crippen molar-refractivity contribution < 1.29 is 17.9 Å². The highest BCUT2D eigenvalue weighted by Crippen LogP contribution is 2.45. The number of halogens is 3.